The molecule has 2 aromatic heterocycles. The van der Waals surface area contributed by atoms with E-state index in [2.05, 4.69) is 45.8 Å². The van der Waals surface area contributed by atoms with Crippen molar-refractivity contribution in [1.29, 1.82) is 0 Å². The summed E-state index contributed by atoms with van der Waals surface area (Å²) in [5, 5.41) is 11.8. The maximum Gasteiger partial charge on any atom is 0.229 e. The average Bonchev–Trinajstić information content (AvgIpc) is 3.43. The van der Waals surface area contributed by atoms with Gasteiger partial charge in [0.05, 0.1) is 36.8 Å². The van der Waals surface area contributed by atoms with Crippen LogP contribution in [0.15, 0.2) is 18.6 Å². The van der Waals surface area contributed by atoms with Crippen molar-refractivity contribution in [3.63, 3.8) is 0 Å². The Morgan fingerprint density at radius 1 is 1.38 bits per heavy atom. The van der Waals surface area contributed by atoms with Gasteiger partial charge in [-0.2, -0.15) is 21.8 Å². The average molecular weight is 441 g/mol. The number of hydrogen-bond donors (Lipinski definition) is 2. The predicted molar refractivity (Wildman–Crippen MR) is 118 cm³/mol. The van der Waals surface area contributed by atoms with Gasteiger partial charge in [0, 0.05) is 25.1 Å². The van der Waals surface area contributed by atoms with Gasteiger partial charge in [0.1, 0.15) is 11.1 Å². The van der Waals surface area contributed by atoms with Gasteiger partial charge in [0.2, 0.25) is 5.95 Å². The van der Waals surface area contributed by atoms with E-state index >= 15 is 0 Å². The summed E-state index contributed by atoms with van der Waals surface area (Å²) in [7, 11) is 1.85. The number of nitrogens with one attached hydrogen (secondary N) is 2. The SMILES string of the molecule is CCC(C)SC.Cn1cc(Nc2ncc(Cl)c(NC3COC4CCOC34)n2)cn1. The van der Waals surface area contributed by atoms with Gasteiger partial charge in [-0.3, -0.25) is 4.68 Å². The number of fused-ring (bicyclic) bond motifs is 1. The summed E-state index contributed by atoms with van der Waals surface area (Å²) in [5.41, 5.74) is 0.809. The van der Waals surface area contributed by atoms with Crippen molar-refractivity contribution in [3.05, 3.63) is 23.6 Å². The van der Waals surface area contributed by atoms with E-state index in [0.717, 1.165) is 24.0 Å². The van der Waals surface area contributed by atoms with Crippen LogP contribution >= 0.6 is 23.4 Å². The number of hydrogen-bond acceptors (Lipinski definition) is 8. The first-order chi connectivity index (χ1) is 14.0. The van der Waals surface area contributed by atoms with Crippen molar-refractivity contribution < 1.29 is 9.47 Å². The van der Waals surface area contributed by atoms with Crippen LogP contribution in [-0.4, -0.2) is 62.7 Å². The molecule has 4 unspecified atom stereocenters. The molecule has 2 fully saturated rings. The fraction of sp³-hybridized carbons (Fsp3) is 0.632. The molecule has 4 rings (SSSR count). The highest BCUT2D eigenvalue weighted by molar-refractivity contribution is 7.99. The lowest BCUT2D eigenvalue weighted by Gasteiger charge is -2.19. The Balaban J connectivity index is 0.000000353. The molecule has 2 N–H and O–H groups in total. The van der Waals surface area contributed by atoms with E-state index in [0.29, 0.717) is 23.4 Å². The zero-order valence-corrected chi connectivity index (χ0v) is 18.8. The first-order valence-electron chi connectivity index (χ1n) is 9.80. The van der Waals surface area contributed by atoms with E-state index in [-0.39, 0.29) is 18.2 Å². The molecule has 0 spiro atoms. The van der Waals surface area contributed by atoms with Crippen LogP contribution in [0.25, 0.3) is 0 Å². The van der Waals surface area contributed by atoms with Gasteiger partial charge in [0.15, 0.2) is 5.82 Å². The highest BCUT2D eigenvalue weighted by Gasteiger charge is 2.42. The fourth-order valence-corrected chi connectivity index (χ4v) is 3.56. The first-order valence-corrected chi connectivity index (χ1v) is 11.5. The van der Waals surface area contributed by atoms with Gasteiger partial charge < -0.3 is 20.1 Å². The second-order valence-corrected chi connectivity index (χ2v) is 8.80. The number of thioether (sulfide) groups is 1. The van der Waals surface area contributed by atoms with Gasteiger partial charge in [-0.15, -0.1) is 0 Å². The zero-order valence-electron chi connectivity index (χ0n) is 17.3. The molecule has 0 amide bonds. The first kappa shape index (κ1) is 22.1. The normalized spacial score (nSPS) is 23.8. The second-order valence-electron chi connectivity index (χ2n) is 7.12. The molecule has 0 saturated carbocycles. The lowest BCUT2D eigenvalue weighted by Crippen LogP contribution is -2.34. The van der Waals surface area contributed by atoms with Crippen LogP contribution < -0.4 is 10.6 Å². The number of nitrogens with zero attached hydrogens (tertiary/aromatic N) is 4. The molecule has 2 aliphatic rings. The molecular formula is C19H29ClN6O2S. The summed E-state index contributed by atoms with van der Waals surface area (Å²) in [6.45, 7) is 5.77. The van der Waals surface area contributed by atoms with Crippen molar-refractivity contribution in [3.8, 4) is 0 Å². The van der Waals surface area contributed by atoms with Gasteiger partial charge in [-0.25, -0.2) is 4.98 Å². The van der Waals surface area contributed by atoms with Crippen LogP contribution in [0.3, 0.4) is 0 Å². The highest BCUT2D eigenvalue weighted by atomic mass is 35.5. The van der Waals surface area contributed by atoms with E-state index in [4.69, 9.17) is 21.1 Å². The maximum atomic E-state index is 6.21. The smallest absolute Gasteiger partial charge is 0.229 e. The summed E-state index contributed by atoms with van der Waals surface area (Å²) in [6.07, 6.45) is 9.71. The number of halogens is 1. The molecular weight excluding hydrogens is 412 g/mol. The van der Waals surface area contributed by atoms with E-state index in [1.54, 1.807) is 17.1 Å². The van der Waals surface area contributed by atoms with Crippen LogP contribution in [0, 0.1) is 0 Å². The third-order valence-corrected chi connectivity index (χ3v) is 6.38. The quantitative estimate of drug-likeness (QED) is 0.702. The topological polar surface area (TPSA) is 86.1 Å². The molecule has 0 aliphatic carbocycles. The third-order valence-electron chi connectivity index (χ3n) is 4.97. The van der Waals surface area contributed by atoms with Crippen LogP contribution in [0.2, 0.25) is 5.02 Å². The second kappa shape index (κ2) is 10.5. The minimum atomic E-state index is 0.0427. The van der Waals surface area contributed by atoms with Crippen LogP contribution in [0.1, 0.15) is 26.7 Å². The molecule has 4 atom stereocenters. The molecule has 10 heteroatoms. The minimum absolute atomic E-state index is 0.0427. The summed E-state index contributed by atoms with van der Waals surface area (Å²) in [5.74, 6) is 1.02. The lowest BCUT2D eigenvalue weighted by molar-refractivity contribution is 0.0718. The number of ether oxygens (including phenoxy) is 2. The number of anilines is 3. The zero-order chi connectivity index (χ0) is 20.8. The lowest BCUT2D eigenvalue weighted by atomic mass is 10.1. The highest BCUT2D eigenvalue weighted by Crippen LogP contribution is 2.30. The van der Waals surface area contributed by atoms with Gasteiger partial charge in [-0.05, 0) is 19.1 Å². The van der Waals surface area contributed by atoms with Gasteiger partial charge in [0.25, 0.3) is 0 Å². The van der Waals surface area contributed by atoms with E-state index < -0.39 is 0 Å². The van der Waals surface area contributed by atoms with Crippen LogP contribution in [0.5, 0.6) is 0 Å². The van der Waals surface area contributed by atoms with Crippen molar-refractivity contribution in [2.45, 2.75) is 50.2 Å². The largest absolute Gasteiger partial charge is 0.373 e. The standard InChI is InChI=1S/C14H17ClN6O2.C5H12S/c1-21-6-8(4-17-21)18-14-16-5-9(15)13(20-14)19-10-7-23-11-2-3-22-12(10)11;1-4-5(2)6-3/h4-6,10-12H,2-3,7H2,1H3,(H2,16,18,19,20);5H,4H2,1-3H3. The Morgan fingerprint density at radius 3 is 2.86 bits per heavy atom. The molecule has 2 saturated heterocycles. The summed E-state index contributed by atoms with van der Waals surface area (Å²) in [4.78, 5) is 8.63. The van der Waals surface area contributed by atoms with E-state index in [9.17, 15) is 0 Å². The molecule has 8 nitrogen and oxygen atoms in total. The molecule has 2 aromatic rings. The summed E-state index contributed by atoms with van der Waals surface area (Å²) < 4.78 is 13.2. The van der Waals surface area contributed by atoms with Crippen LogP contribution in [-0.2, 0) is 16.5 Å². The van der Waals surface area contributed by atoms with Crippen molar-refractivity contribution in [2.24, 2.45) is 7.05 Å². The monoisotopic (exact) mass is 440 g/mol. The molecule has 4 heterocycles. The van der Waals surface area contributed by atoms with E-state index in [1.807, 2.05) is 25.0 Å². The van der Waals surface area contributed by atoms with E-state index in [1.165, 1.54) is 6.42 Å². The number of aromatic nitrogens is 4. The molecule has 0 aromatic carbocycles. The molecule has 2 aliphatic heterocycles. The van der Waals surface area contributed by atoms with Crippen molar-refractivity contribution in [2.75, 3.05) is 30.1 Å². The van der Waals surface area contributed by atoms with Gasteiger partial charge in [-0.1, -0.05) is 25.4 Å². The molecule has 0 radical (unpaired) electrons. The number of rotatable bonds is 6. The molecule has 29 heavy (non-hydrogen) atoms. The fourth-order valence-electron chi connectivity index (χ4n) is 3.08. The molecule has 0 bridgehead atoms. The van der Waals surface area contributed by atoms with Crippen molar-refractivity contribution in [1.82, 2.24) is 19.7 Å². The molecule has 160 valence electrons. The Morgan fingerprint density at radius 2 is 2.21 bits per heavy atom. The summed E-state index contributed by atoms with van der Waals surface area (Å²) in [6, 6.07) is 0.0427. The Labute approximate surface area is 181 Å². The van der Waals surface area contributed by atoms with Gasteiger partial charge >= 0.3 is 0 Å². The van der Waals surface area contributed by atoms with Crippen LogP contribution in [0.4, 0.5) is 17.5 Å². The van der Waals surface area contributed by atoms with Crippen molar-refractivity contribution >= 4 is 40.8 Å². The Kier molecular flexibility index (Phi) is 7.99. The maximum absolute atomic E-state index is 6.21. The Bertz CT molecular complexity index is 788. The third kappa shape index (κ3) is 5.97. The minimum Gasteiger partial charge on any atom is -0.373 e. The Hall–Kier alpha value is -1.55. The predicted octanol–water partition coefficient (Wildman–Crippen LogP) is 3.72. The summed E-state index contributed by atoms with van der Waals surface area (Å²) >= 11 is 8.14. The number of aryl methyl sites for hydroxylation is 1.